The van der Waals surface area contributed by atoms with Crippen LogP contribution in [0.1, 0.15) is 34.6 Å². The SMILES string of the molecule is CCN(C)C(=O)C(C)NC(=O)C(N)C(C)(C)C. The van der Waals surface area contributed by atoms with Crippen molar-refractivity contribution >= 4 is 11.8 Å². The summed E-state index contributed by atoms with van der Waals surface area (Å²) >= 11 is 0. The van der Waals surface area contributed by atoms with Crippen LogP contribution < -0.4 is 11.1 Å². The molecule has 0 aromatic carbocycles. The third-order valence-electron chi connectivity index (χ3n) is 2.80. The predicted octanol–water partition coefficient (Wildman–Crippen LogP) is 0.343. The number of hydrogen-bond acceptors (Lipinski definition) is 3. The normalized spacial score (nSPS) is 15.0. The lowest BCUT2D eigenvalue weighted by Crippen LogP contribution is -2.54. The highest BCUT2D eigenvalue weighted by atomic mass is 16.2. The summed E-state index contributed by atoms with van der Waals surface area (Å²) in [5, 5.41) is 2.65. The first-order valence-corrected chi connectivity index (χ1v) is 5.92. The van der Waals surface area contributed by atoms with Crippen LogP contribution in [0, 0.1) is 5.41 Å². The molecule has 0 spiro atoms. The van der Waals surface area contributed by atoms with Gasteiger partial charge < -0.3 is 16.0 Å². The summed E-state index contributed by atoms with van der Waals surface area (Å²) in [7, 11) is 1.70. The predicted molar refractivity (Wildman–Crippen MR) is 68.3 cm³/mol. The van der Waals surface area contributed by atoms with Gasteiger partial charge in [0.25, 0.3) is 0 Å². The van der Waals surface area contributed by atoms with Gasteiger partial charge >= 0.3 is 0 Å². The molecule has 0 heterocycles. The molecule has 0 aromatic rings. The maximum atomic E-state index is 11.8. The summed E-state index contributed by atoms with van der Waals surface area (Å²) in [6.07, 6.45) is 0. The van der Waals surface area contributed by atoms with Gasteiger partial charge in [0.1, 0.15) is 6.04 Å². The van der Waals surface area contributed by atoms with E-state index < -0.39 is 12.1 Å². The van der Waals surface area contributed by atoms with Crippen molar-refractivity contribution in [2.45, 2.75) is 46.7 Å². The highest BCUT2D eigenvalue weighted by molar-refractivity contribution is 5.89. The molecule has 100 valence electrons. The summed E-state index contributed by atoms with van der Waals surface area (Å²) in [6.45, 7) is 9.84. The Balaban J connectivity index is 4.45. The van der Waals surface area contributed by atoms with Crippen molar-refractivity contribution < 1.29 is 9.59 Å². The molecule has 0 aromatic heterocycles. The van der Waals surface area contributed by atoms with Crippen LogP contribution in [0.3, 0.4) is 0 Å². The molecule has 5 nitrogen and oxygen atoms in total. The van der Waals surface area contributed by atoms with Crippen LogP contribution in [0.4, 0.5) is 0 Å². The second kappa shape index (κ2) is 6.00. The smallest absolute Gasteiger partial charge is 0.244 e. The number of hydrogen-bond donors (Lipinski definition) is 2. The standard InChI is InChI=1S/C12H25N3O2/c1-7-15(6)11(17)8(2)14-10(16)9(13)12(3,4)5/h8-9H,7,13H2,1-6H3,(H,14,16). The van der Waals surface area contributed by atoms with E-state index in [4.69, 9.17) is 5.73 Å². The molecule has 0 rings (SSSR count). The Morgan fingerprint density at radius 3 is 2.18 bits per heavy atom. The summed E-state index contributed by atoms with van der Waals surface area (Å²) in [4.78, 5) is 25.1. The average molecular weight is 243 g/mol. The lowest BCUT2D eigenvalue weighted by atomic mass is 9.87. The zero-order valence-electron chi connectivity index (χ0n) is 11.7. The van der Waals surface area contributed by atoms with Crippen LogP contribution in [0.2, 0.25) is 0 Å². The van der Waals surface area contributed by atoms with Gasteiger partial charge in [-0.05, 0) is 19.3 Å². The molecule has 2 atom stereocenters. The van der Waals surface area contributed by atoms with Gasteiger partial charge in [-0.25, -0.2) is 0 Å². The number of rotatable bonds is 4. The minimum absolute atomic E-state index is 0.109. The fourth-order valence-electron chi connectivity index (χ4n) is 1.24. The van der Waals surface area contributed by atoms with Gasteiger partial charge in [0.15, 0.2) is 0 Å². The van der Waals surface area contributed by atoms with Crippen LogP contribution in [-0.2, 0) is 9.59 Å². The molecule has 0 saturated carbocycles. The zero-order valence-corrected chi connectivity index (χ0v) is 11.7. The summed E-state index contributed by atoms with van der Waals surface area (Å²) < 4.78 is 0. The first-order valence-electron chi connectivity index (χ1n) is 5.92. The molecule has 2 unspecified atom stereocenters. The molecule has 0 saturated heterocycles. The Hall–Kier alpha value is -1.10. The van der Waals surface area contributed by atoms with Crippen molar-refractivity contribution in [1.82, 2.24) is 10.2 Å². The number of nitrogens with zero attached hydrogens (tertiary/aromatic N) is 1. The lowest BCUT2D eigenvalue weighted by molar-refractivity contribution is -0.135. The molecule has 0 fully saturated rings. The number of amides is 2. The molecular weight excluding hydrogens is 218 g/mol. The van der Waals surface area contributed by atoms with E-state index in [1.165, 1.54) is 0 Å². The van der Waals surface area contributed by atoms with Crippen molar-refractivity contribution in [3.05, 3.63) is 0 Å². The number of likely N-dealkylation sites (N-methyl/N-ethyl adjacent to an activating group) is 1. The Morgan fingerprint density at radius 2 is 1.82 bits per heavy atom. The van der Waals surface area contributed by atoms with Crippen molar-refractivity contribution in [3.8, 4) is 0 Å². The maximum absolute atomic E-state index is 11.8. The van der Waals surface area contributed by atoms with E-state index in [-0.39, 0.29) is 17.2 Å². The highest BCUT2D eigenvalue weighted by Gasteiger charge is 2.29. The Kier molecular flexibility index (Phi) is 5.61. The second-order valence-corrected chi connectivity index (χ2v) is 5.43. The van der Waals surface area contributed by atoms with E-state index >= 15 is 0 Å². The van der Waals surface area contributed by atoms with Crippen molar-refractivity contribution in [2.75, 3.05) is 13.6 Å². The first kappa shape index (κ1) is 15.9. The van der Waals surface area contributed by atoms with Crippen LogP contribution in [-0.4, -0.2) is 42.4 Å². The highest BCUT2D eigenvalue weighted by Crippen LogP contribution is 2.17. The lowest BCUT2D eigenvalue weighted by Gasteiger charge is -2.28. The van der Waals surface area contributed by atoms with Crippen molar-refractivity contribution in [3.63, 3.8) is 0 Å². The van der Waals surface area contributed by atoms with Crippen LogP contribution in [0.25, 0.3) is 0 Å². The molecule has 2 amide bonds. The number of nitrogens with one attached hydrogen (secondary N) is 1. The van der Waals surface area contributed by atoms with Crippen LogP contribution in [0.5, 0.6) is 0 Å². The van der Waals surface area contributed by atoms with Gasteiger partial charge in [-0.1, -0.05) is 20.8 Å². The number of nitrogens with two attached hydrogens (primary N) is 1. The Morgan fingerprint density at radius 1 is 1.35 bits per heavy atom. The molecule has 0 radical (unpaired) electrons. The van der Waals surface area contributed by atoms with Crippen molar-refractivity contribution in [1.29, 1.82) is 0 Å². The number of carbonyl (C=O) groups excluding carboxylic acids is 2. The third kappa shape index (κ3) is 4.73. The second-order valence-electron chi connectivity index (χ2n) is 5.43. The minimum atomic E-state index is -0.621. The summed E-state index contributed by atoms with van der Waals surface area (Å²) in [5.74, 6) is -0.398. The molecule has 3 N–H and O–H groups in total. The van der Waals surface area contributed by atoms with E-state index in [0.717, 1.165) is 0 Å². The fourth-order valence-corrected chi connectivity index (χ4v) is 1.24. The van der Waals surface area contributed by atoms with Crippen molar-refractivity contribution in [2.24, 2.45) is 11.1 Å². The summed E-state index contributed by atoms with van der Waals surface area (Å²) in [6, 6.07) is -1.16. The third-order valence-corrected chi connectivity index (χ3v) is 2.80. The molecule has 0 bridgehead atoms. The molecule has 0 aliphatic rings. The molecule has 0 aliphatic heterocycles. The van der Waals surface area contributed by atoms with Gasteiger partial charge in [-0.2, -0.15) is 0 Å². The van der Waals surface area contributed by atoms with E-state index in [0.29, 0.717) is 6.54 Å². The molecule has 0 aliphatic carbocycles. The molecule has 5 heteroatoms. The van der Waals surface area contributed by atoms with E-state index in [1.54, 1.807) is 18.9 Å². The minimum Gasteiger partial charge on any atom is -0.344 e. The topological polar surface area (TPSA) is 75.4 Å². The fraction of sp³-hybridized carbons (Fsp3) is 0.833. The largest absolute Gasteiger partial charge is 0.344 e. The number of carbonyl (C=O) groups is 2. The van der Waals surface area contributed by atoms with Gasteiger partial charge in [0, 0.05) is 13.6 Å². The first-order chi connectivity index (χ1) is 7.61. The summed E-state index contributed by atoms with van der Waals surface area (Å²) in [5.41, 5.74) is 5.50. The van der Waals surface area contributed by atoms with Crippen LogP contribution >= 0.6 is 0 Å². The van der Waals surface area contributed by atoms with E-state index in [9.17, 15) is 9.59 Å². The van der Waals surface area contributed by atoms with E-state index in [1.807, 2.05) is 27.7 Å². The van der Waals surface area contributed by atoms with E-state index in [2.05, 4.69) is 5.32 Å². The molecule has 17 heavy (non-hydrogen) atoms. The monoisotopic (exact) mass is 243 g/mol. The van der Waals surface area contributed by atoms with Crippen LogP contribution in [0.15, 0.2) is 0 Å². The molecular formula is C12H25N3O2. The quantitative estimate of drug-likeness (QED) is 0.748. The van der Waals surface area contributed by atoms with Gasteiger partial charge in [-0.15, -0.1) is 0 Å². The Labute approximate surface area is 104 Å². The Bertz CT molecular complexity index is 284. The zero-order chi connectivity index (χ0) is 13.8. The van der Waals surface area contributed by atoms with Gasteiger partial charge in [0.05, 0.1) is 6.04 Å². The van der Waals surface area contributed by atoms with Gasteiger partial charge in [-0.3, -0.25) is 9.59 Å². The average Bonchev–Trinajstić information content (AvgIpc) is 2.24. The maximum Gasteiger partial charge on any atom is 0.244 e. The van der Waals surface area contributed by atoms with Gasteiger partial charge in [0.2, 0.25) is 11.8 Å².